The summed E-state index contributed by atoms with van der Waals surface area (Å²) in [6.07, 6.45) is 0.632. The molecule has 0 amide bonds. The number of hydrogen-bond donors (Lipinski definition) is 1. The van der Waals surface area contributed by atoms with Gasteiger partial charge in [0.15, 0.2) is 0 Å². The van der Waals surface area contributed by atoms with Crippen molar-refractivity contribution in [2.45, 2.75) is 19.0 Å². The average Bonchev–Trinajstić information content (AvgIpc) is 2.51. The van der Waals surface area contributed by atoms with E-state index < -0.39 is 11.7 Å². The van der Waals surface area contributed by atoms with Gasteiger partial charge in [0, 0.05) is 0 Å². The topological polar surface area (TPSA) is 26.0 Å². The van der Waals surface area contributed by atoms with Crippen molar-refractivity contribution in [1.29, 1.82) is 0 Å². The Labute approximate surface area is 128 Å². The molecule has 0 fully saturated rings. The molecule has 0 saturated carbocycles. The van der Waals surface area contributed by atoms with Crippen LogP contribution in [0.4, 0.5) is 13.2 Å². The molecule has 0 bridgehead atoms. The van der Waals surface area contributed by atoms with Crippen LogP contribution >= 0.6 is 0 Å². The highest BCUT2D eigenvalue weighted by molar-refractivity contribution is 5.71. The van der Waals surface area contributed by atoms with E-state index in [2.05, 4.69) is 0 Å². The average molecular weight is 305 g/mol. The molecular weight excluding hydrogens is 287 g/mol. The molecule has 0 heterocycles. The molecule has 0 aliphatic heterocycles. The Morgan fingerprint density at radius 2 is 1.73 bits per heavy atom. The third-order valence-electron chi connectivity index (χ3n) is 3.34. The summed E-state index contributed by atoms with van der Waals surface area (Å²) in [5, 5.41) is 0. The van der Waals surface area contributed by atoms with E-state index in [9.17, 15) is 13.2 Å². The number of aryl methyl sites for hydroxylation is 1. The quantitative estimate of drug-likeness (QED) is 0.791. The van der Waals surface area contributed by atoms with E-state index in [0.717, 1.165) is 30.0 Å². The molecule has 2 aromatic rings. The van der Waals surface area contributed by atoms with Crippen molar-refractivity contribution < 1.29 is 13.2 Å². The van der Waals surface area contributed by atoms with E-state index in [-0.39, 0.29) is 5.56 Å². The molecule has 0 aliphatic rings. The van der Waals surface area contributed by atoms with Gasteiger partial charge >= 0.3 is 6.18 Å². The molecule has 2 aromatic carbocycles. The summed E-state index contributed by atoms with van der Waals surface area (Å²) in [6.45, 7) is 0.624. The van der Waals surface area contributed by atoms with Crippen LogP contribution in [0.2, 0.25) is 0 Å². The lowest BCUT2D eigenvalue weighted by atomic mass is 10.0. The highest BCUT2D eigenvalue weighted by Crippen LogP contribution is 2.32. The van der Waals surface area contributed by atoms with Crippen LogP contribution in [0.5, 0.6) is 0 Å². The number of hydrogen-bond acceptors (Lipinski definition) is 1. The van der Waals surface area contributed by atoms with Gasteiger partial charge in [-0.2, -0.15) is 13.2 Å². The van der Waals surface area contributed by atoms with Gasteiger partial charge in [0.1, 0.15) is 0 Å². The van der Waals surface area contributed by atoms with E-state index in [0.29, 0.717) is 6.54 Å². The van der Waals surface area contributed by atoms with E-state index in [1.165, 1.54) is 18.2 Å². The predicted molar refractivity (Wildman–Crippen MR) is 84.2 cm³/mol. The fourth-order valence-electron chi connectivity index (χ4n) is 2.24. The zero-order valence-corrected chi connectivity index (χ0v) is 12.1. The third-order valence-corrected chi connectivity index (χ3v) is 3.34. The van der Waals surface area contributed by atoms with Crippen molar-refractivity contribution in [2.75, 3.05) is 6.54 Å². The van der Waals surface area contributed by atoms with Gasteiger partial charge in [-0.05, 0) is 42.1 Å². The first-order chi connectivity index (χ1) is 10.5. The van der Waals surface area contributed by atoms with Crippen LogP contribution in [0.3, 0.4) is 0 Å². The Balaban J connectivity index is 2.22. The summed E-state index contributed by atoms with van der Waals surface area (Å²) >= 11 is 0. The minimum absolute atomic E-state index is 0.169. The van der Waals surface area contributed by atoms with Gasteiger partial charge in [-0.15, -0.1) is 0 Å². The van der Waals surface area contributed by atoms with E-state index >= 15 is 0 Å². The number of nitrogens with two attached hydrogens (primary N) is 1. The monoisotopic (exact) mass is 305 g/mol. The summed E-state index contributed by atoms with van der Waals surface area (Å²) < 4.78 is 38.8. The second kappa shape index (κ2) is 7.27. The fraction of sp³-hybridized carbons (Fsp3) is 0.222. The van der Waals surface area contributed by atoms with Gasteiger partial charge in [-0.3, -0.25) is 0 Å². The lowest BCUT2D eigenvalue weighted by Gasteiger charge is -2.09. The molecule has 0 spiro atoms. The maximum Gasteiger partial charge on any atom is 0.416 e. The van der Waals surface area contributed by atoms with Crippen molar-refractivity contribution in [2.24, 2.45) is 5.73 Å². The number of halogens is 3. The van der Waals surface area contributed by atoms with E-state index in [1.807, 2.05) is 24.3 Å². The molecule has 0 aliphatic carbocycles. The molecule has 2 N–H and O–H groups in total. The molecule has 116 valence electrons. The minimum Gasteiger partial charge on any atom is -0.330 e. The molecule has 2 rings (SSSR count). The molecule has 0 radical (unpaired) electrons. The van der Waals surface area contributed by atoms with Gasteiger partial charge in [-0.1, -0.05) is 54.6 Å². The smallest absolute Gasteiger partial charge is 0.330 e. The normalized spacial score (nSPS) is 12.0. The summed E-state index contributed by atoms with van der Waals surface area (Å²) in [6, 6.07) is 13.3. The van der Waals surface area contributed by atoms with Crippen molar-refractivity contribution in [3.05, 3.63) is 70.8 Å². The van der Waals surface area contributed by atoms with Crippen LogP contribution in [0, 0.1) is 0 Å². The highest BCUT2D eigenvalue weighted by atomic mass is 19.4. The van der Waals surface area contributed by atoms with Gasteiger partial charge in [0.2, 0.25) is 0 Å². The molecule has 0 atom stereocenters. The highest BCUT2D eigenvalue weighted by Gasteiger charge is 2.32. The second-order valence-corrected chi connectivity index (χ2v) is 5.06. The Morgan fingerprint density at radius 1 is 0.955 bits per heavy atom. The largest absolute Gasteiger partial charge is 0.416 e. The number of alkyl halides is 3. The van der Waals surface area contributed by atoms with Crippen LogP contribution in [-0.4, -0.2) is 6.54 Å². The first kappa shape index (κ1) is 16.3. The van der Waals surface area contributed by atoms with Crippen molar-refractivity contribution in [1.82, 2.24) is 0 Å². The summed E-state index contributed by atoms with van der Waals surface area (Å²) in [5.74, 6) is 0. The van der Waals surface area contributed by atoms with Crippen LogP contribution in [0.25, 0.3) is 12.2 Å². The summed E-state index contributed by atoms with van der Waals surface area (Å²) in [5.41, 5.74) is 7.05. The van der Waals surface area contributed by atoms with Crippen LogP contribution in [0.1, 0.15) is 28.7 Å². The first-order valence-electron chi connectivity index (χ1n) is 7.14. The summed E-state index contributed by atoms with van der Waals surface area (Å²) in [4.78, 5) is 0. The molecule has 22 heavy (non-hydrogen) atoms. The number of rotatable bonds is 5. The molecule has 0 saturated heterocycles. The molecule has 1 nitrogen and oxygen atoms in total. The lowest BCUT2D eigenvalue weighted by Crippen LogP contribution is -2.06. The van der Waals surface area contributed by atoms with Crippen molar-refractivity contribution in [3.63, 3.8) is 0 Å². The van der Waals surface area contributed by atoms with Gasteiger partial charge < -0.3 is 5.73 Å². The molecule has 0 unspecified atom stereocenters. The second-order valence-electron chi connectivity index (χ2n) is 5.06. The molecular formula is C18H18F3N. The Kier molecular flexibility index (Phi) is 5.39. The van der Waals surface area contributed by atoms with Crippen LogP contribution < -0.4 is 5.73 Å². The Bertz CT molecular complexity index is 645. The fourth-order valence-corrected chi connectivity index (χ4v) is 2.24. The van der Waals surface area contributed by atoms with Crippen molar-refractivity contribution >= 4 is 12.2 Å². The zero-order chi connectivity index (χ0) is 16.0. The standard InChI is InChI=1S/C18H18F3N/c19-18(20,21)17-9-2-1-8-16(17)11-10-15-6-3-5-14(13-15)7-4-12-22/h1-3,5-6,8-11,13H,4,7,12,22H2. The minimum atomic E-state index is -4.34. The maximum atomic E-state index is 12.9. The zero-order valence-electron chi connectivity index (χ0n) is 12.1. The number of benzene rings is 2. The Hall–Kier alpha value is -2.07. The Morgan fingerprint density at radius 3 is 2.45 bits per heavy atom. The molecule has 0 aromatic heterocycles. The van der Waals surface area contributed by atoms with E-state index in [4.69, 9.17) is 5.73 Å². The van der Waals surface area contributed by atoms with E-state index in [1.54, 1.807) is 12.1 Å². The van der Waals surface area contributed by atoms with Crippen LogP contribution in [-0.2, 0) is 12.6 Å². The lowest BCUT2D eigenvalue weighted by molar-refractivity contribution is -0.137. The van der Waals surface area contributed by atoms with Gasteiger partial charge in [-0.25, -0.2) is 0 Å². The third kappa shape index (κ3) is 4.46. The predicted octanol–water partition coefficient (Wildman–Crippen LogP) is 4.77. The maximum absolute atomic E-state index is 12.9. The van der Waals surface area contributed by atoms with Crippen molar-refractivity contribution in [3.8, 4) is 0 Å². The first-order valence-corrected chi connectivity index (χ1v) is 7.14. The SMILES string of the molecule is NCCCc1cccc(C=Cc2ccccc2C(F)(F)F)c1. The van der Waals surface area contributed by atoms with Crippen LogP contribution in [0.15, 0.2) is 48.5 Å². The summed E-state index contributed by atoms with van der Waals surface area (Å²) in [7, 11) is 0. The van der Waals surface area contributed by atoms with Gasteiger partial charge in [0.25, 0.3) is 0 Å². The van der Waals surface area contributed by atoms with Gasteiger partial charge in [0.05, 0.1) is 5.56 Å². The molecule has 4 heteroatoms.